The maximum Gasteiger partial charge on any atom is 0.305 e. The number of carbonyl (C=O) groups excluding carboxylic acids is 2. The maximum absolute atomic E-state index is 13.4. The van der Waals surface area contributed by atoms with E-state index < -0.39 is 52.3 Å². The molecule has 2 unspecified atom stereocenters. The van der Waals surface area contributed by atoms with Crippen LogP contribution in [0.25, 0.3) is 0 Å². The van der Waals surface area contributed by atoms with Gasteiger partial charge < -0.3 is 15.3 Å². The monoisotopic (exact) mass is 491 g/mol. The highest BCUT2D eigenvalue weighted by Gasteiger charge is 2.43. The molecule has 1 saturated heterocycles. The number of halogens is 1. The molecule has 0 aliphatic carbocycles. The van der Waals surface area contributed by atoms with E-state index in [0.29, 0.717) is 12.0 Å². The predicted octanol–water partition coefficient (Wildman–Crippen LogP) is 1.90. The van der Waals surface area contributed by atoms with Gasteiger partial charge in [-0.1, -0.05) is 29.8 Å². The maximum atomic E-state index is 13.4. The van der Waals surface area contributed by atoms with Crippen LogP contribution >= 0.6 is 0 Å². The number of hydrogen-bond donors (Lipinski definition) is 2. The van der Waals surface area contributed by atoms with E-state index in [-0.39, 0.29) is 18.7 Å². The Morgan fingerprint density at radius 1 is 1.15 bits per heavy atom. The zero-order valence-electron chi connectivity index (χ0n) is 18.8. The van der Waals surface area contributed by atoms with E-state index in [1.165, 1.54) is 12.1 Å². The summed E-state index contributed by atoms with van der Waals surface area (Å²) >= 11 is 0. The molecule has 0 bridgehead atoms. The largest absolute Gasteiger partial charge is 0.481 e. The van der Waals surface area contributed by atoms with Crippen molar-refractivity contribution in [1.29, 1.82) is 0 Å². The molecule has 0 saturated carbocycles. The molecular formula is C23H26FN3O6S. The van der Waals surface area contributed by atoms with E-state index in [1.54, 1.807) is 18.2 Å². The van der Waals surface area contributed by atoms with Crippen LogP contribution in [-0.2, 0) is 19.6 Å². The third-order valence-electron chi connectivity index (χ3n) is 5.50. The summed E-state index contributed by atoms with van der Waals surface area (Å²) in [6.07, 6.45) is -0.733. The third-order valence-corrected chi connectivity index (χ3v) is 6.73. The molecule has 2 atom stereocenters. The third kappa shape index (κ3) is 5.97. The minimum atomic E-state index is -3.90. The number of aryl methyl sites for hydroxylation is 1. The lowest BCUT2D eigenvalue weighted by molar-refractivity contribution is -0.138. The van der Waals surface area contributed by atoms with E-state index in [0.717, 1.165) is 33.2 Å². The SMILES string of the molecule is Cc1cccc(C(CC(=O)O)NC(=O)C2N(C(=O)c3ccc(F)cc3)CCCN2S(C)(=O)=O)c1. The molecule has 11 heteroatoms. The van der Waals surface area contributed by atoms with Crippen LogP contribution in [0.3, 0.4) is 0 Å². The minimum Gasteiger partial charge on any atom is -0.481 e. The summed E-state index contributed by atoms with van der Waals surface area (Å²) in [5, 5.41) is 12.0. The first-order valence-electron chi connectivity index (χ1n) is 10.6. The van der Waals surface area contributed by atoms with Gasteiger partial charge >= 0.3 is 5.97 Å². The molecule has 0 spiro atoms. The van der Waals surface area contributed by atoms with Gasteiger partial charge in [0.25, 0.3) is 11.8 Å². The van der Waals surface area contributed by atoms with E-state index in [1.807, 2.05) is 13.0 Å². The molecule has 34 heavy (non-hydrogen) atoms. The van der Waals surface area contributed by atoms with Crippen LogP contribution < -0.4 is 5.32 Å². The van der Waals surface area contributed by atoms with Crippen LogP contribution in [0, 0.1) is 12.7 Å². The molecule has 1 aliphatic heterocycles. The van der Waals surface area contributed by atoms with E-state index in [9.17, 15) is 32.3 Å². The van der Waals surface area contributed by atoms with Crippen LogP contribution in [0.15, 0.2) is 48.5 Å². The van der Waals surface area contributed by atoms with Gasteiger partial charge in [0.15, 0.2) is 6.17 Å². The van der Waals surface area contributed by atoms with Gasteiger partial charge in [0, 0.05) is 18.7 Å². The van der Waals surface area contributed by atoms with Gasteiger partial charge in [-0.25, -0.2) is 12.8 Å². The number of sulfonamides is 1. The Morgan fingerprint density at radius 2 is 1.82 bits per heavy atom. The Morgan fingerprint density at radius 3 is 2.41 bits per heavy atom. The number of carbonyl (C=O) groups is 3. The highest BCUT2D eigenvalue weighted by Crippen LogP contribution is 2.24. The average Bonchev–Trinajstić information content (AvgIpc) is 2.77. The van der Waals surface area contributed by atoms with E-state index >= 15 is 0 Å². The zero-order valence-corrected chi connectivity index (χ0v) is 19.6. The Kier molecular flexibility index (Phi) is 7.68. The number of amides is 2. The second kappa shape index (κ2) is 10.3. The number of carboxylic acids is 1. The normalized spacial score (nSPS) is 17.7. The van der Waals surface area contributed by atoms with Crippen molar-refractivity contribution >= 4 is 27.8 Å². The summed E-state index contributed by atoms with van der Waals surface area (Å²) in [4.78, 5) is 39.2. The molecule has 182 valence electrons. The molecule has 1 heterocycles. The zero-order chi connectivity index (χ0) is 25.0. The number of nitrogens with one attached hydrogen (secondary N) is 1. The highest BCUT2D eigenvalue weighted by atomic mass is 32.2. The fraction of sp³-hybridized carbons (Fsp3) is 0.348. The second-order valence-corrected chi connectivity index (χ2v) is 10.1. The first-order valence-corrected chi connectivity index (χ1v) is 12.4. The molecule has 9 nitrogen and oxygen atoms in total. The molecule has 0 aromatic heterocycles. The number of nitrogens with zero attached hydrogens (tertiary/aromatic N) is 2. The summed E-state index contributed by atoms with van der Waals surface area (Å²) < 4.78 is 39.2. The molecule has 2 aromatic carbocycles. The van der Waals surface area contributed by atoms with Crippen molar-refractivity contribution < 1.29 is 32.3 Å². The first kappa shape index (κ1) is 25.3. The molecule has 2 aromatic rings. The van der Waals surface area contributed by atoms with Crippen molar-refractivity contribution in [3.63, 3.8) is 0 Å². The quantitative estimate of drug-likeness (QED) is 0.610. The van der Waals surface area contributed by atoms with Gasteiger partial charge in [0.05, 0.1) is 18.7 Å². The number of carboxylic acid groups (broad SMARTS) is 1. The van der Waals surface area contributed by atoms with Crippen LogP contribution in [0.5, 0.6) is 0 Å². The van der Waals surface area contributed by atoms with Crippen LogP contribution in [0.2, 0.25) is 0 Å². The predicted molar refractivity (Wildman–Crippen MR) is 122 cm³/mol. The number of benzene rings is 2. The van der Waals surface area contributed by atoms with E-state index in [2.05, 4.69) is 5.32 Å². The van der Waals surface area contributed by atoms with Crippen molar-refractivity contribution in [2.45, 2.75) is 32.0 Å². The Bertz CT molecular complexity index is 1190. The summed E-state index contributed by atoms with van der Waals surface area (Å²) in [5.74, 6) is -3.17. The molecule has 2 amide bonds. The lowest BCUT2D eigenvalue weighted by Crippen LogP contribution is -2.63. The molecule has 1 fully saturated rings. The fourth-order valence-electron chi connectivity index (χ4n) is 3.95. The second-order valence-electron chi connectivity index (χ2n) is 8.18. The van der Waals surface area contributed by atoms with Crippen molar-refractivity contribution in [2.24, 2.45) is 0 Å². The van der Waals surface area contributed by atoms with Gasteiger partial charge in [0.1, 0.15) is 5.82 Å². The molecule has 3 rings (SSSR count). The summed E-state index contributed by atoms with van der Waals surface area (Å²) in [5.41, 5.74) is 1.48. The smallest absolute Gasteiger partial charge is 0.305 e. The minimum absolute atomic E-state index is 0.0121. The Hall–Kier alpha value is -3.31. The van der Waals surface area contributed by atoms with Crippen LogP contribution in [-0.4, -0.2) is 66.0 Å². The van der Waals surface area contributed by atoms with Crippen LogP contribution in [0.1, 0.15) is 40.4 Å². The standard InChI is InChI=1S/C23H26FN3O6S/c1-15-5-3-6-17(13-15)19(14-20(28)29)25-21(30)22-26(11-4-12-27(22)34(2,32)33)23(31)16-7-9-18(24)10-8-16/h3,5-10,13,19,22H,4,11-12,14H2,1-2H3,(H,25,30)(H,28,29). The van der Waals surface area contributed by atoms with Gasteiger partial charge in [-0.2, -0.15) is 4.31 Å². The first-order chi connectivity index (χ1) is 16.0. The van der Waals surface area contributed by atoms with Gasteiger partial charge in [0.2, 0.25) is 10.0 Å². The van der Waals surface area contributed by atoms with Gasteiger partial charge in [-0.15, -0.1) is 0 Å². The summed E-state index contributed by atoms with van der Waals surface area (Å²) in [6, 6.07) is 10.7. The van der Waals surface area contributed by atoms with Crippen molar-refractivity contribution in [3.8, 4) is 0 Å². The van der Waals surface area contributed by atoms with Crippen molar-refractivity contribution in [2.75, 3.05) is 19.3 Å². The van der Waals surface area contributed by atoms with Gasteiger partial charge in [-0.05, 0) is 43.2 Å². The number of rotatable bonds is 7. The molecular weight excluding hydrogens is 465 g/mol. The number of hydrogen-bond acceptors (Lipinski definition) is 5. The highest BCUT2D eigenvalue weighted by molar-refractivity contribution is 7.88. The Balaban J connectivity index is 1.97. The van der Waals surface area contributed by atoms with Crippen LogP contribution in [0.4, 0.5) is 4.39 Å². The molecule has 2 N–H and O–H groups in total. The summed E-state index contributed by atoms with van der Waals surface area (Å²) in [6.45, 7) is 1.92. The van der Waals surface area contributed by atoms with E-state index in [4.69, 9.17) is 0 Å². The fourth-order valence-corrected chi connectivity index (χ4v) is 4.98. The number of aliphatic carboxylic acids is 1. The van der Waals surface area contributed by atoms with Gasteiger partial charge in [-0.3, -0.25) is 14.4 Å². The summed E-state index contributed by atoms with van der Waals surface area (Å²) in [7, 11) is -3.90. The van der Waals surface area contributed by atoms with Crippen molar-refractivity contribution in [1.82, 2.24) is 14.5 Å². The molecule has 0 radical (unpaired) electrons. The Labute approximate surface area is 197 Å². The topological polar surface area (TPSA) is 124 Å². The lowest BCUT2D eigenvalue weighted by Gasteiger charge is -2.41. The molecule has 1 aliphatic rings. The average molecular weight is 492 g/mol. The lowest BCUT2D eigenvalue weighted by atomic mass is 10.0. The van der Waals surface area contributed by atoms with Crippen molar-refractivity contribution in [3.05, 3.63) is 71.0 Å².